The Morgan fingerprint density at radius 2 is 1.95 bits per heavy atom. The predicted octanol–water partition coefficient (Wildman–Crippen LogP) is 1.92. The van der Waals surface area contributed by atoms with Gasteiger partial charge in [-0.1, -0.05) is 5.16 Å². The van der Waals surface area contributed by atoms with Gasteiger partial charge in [-0.2, -0.15) is 0 Å². The van der Waals surface area contributed by atoms with E-state index in [-0.39, 0.29) is 5.76 Å². The highest BCUT2D eigenvalue weighted by molar-refractivity contribution is 5.88. The molecule has 3 heterocycles. The van der Waals surface area contributed by atoms with Gasteiger partial charge >= 0.3 is 5.97 Å². The summed E-state index contributed by atoms with van der Waals surface area (Å²) in [4.78, 5) is 11.0. The third-order valence-electron chi connectivity index (χ3n) is 3.94. The molecular weight excluding hydrogens is 290 g/mol. The van der Waals surface area contributed by atoms with Crippen molar-refractivity contribution in [2.75, 3.05) is 20.3 Å². The van der Waals surface area contributed by atoms with E-state index in [1.165, 1.54) is 6.07 Å². The van der Waals surface area contributed by atoms with Gasteiger partial charge < -0.3 is 23.8 Å². The summed E-state index contributed by atoms with van der Waals surface area (Å²) in [5, 5.41) is 12.9. The van der Waals surface area contributed by atoms with Gasteiger partial charge in [0.05, 0.1) is 25.9 Å². The van der Waals surface area contributed by atoms with Crippen LogP contribution in [0.25, 0.3) is 11.3 Å². The minimum Gasteiger partial charge on any atom is -0.492 e. The zero-order chi connectivity index (χ0) is 15.3. The maximum Gasteiger partial charge on any atom is 0.374 e. The van der Waals surface area contributed by atoms with E-state index in [1.54, 1.807) is 7.11 Å². The Hall–Kier alpha value is -2.70. The van der Waals surface area contributed by atoms with Gasteiger partial charge in [0.1, 0.15) is 11.4 Å². The Balaban J connectivity index is 1.98. The van der Waals surface area contributed by atoms with Crippen molar-refractivity contribution in [2.24, 2.45) is 0 Å². The van der Waals surface area contributed by atoms with Crippen LogP contribution >= 0.6 is 0 Å². The number of hydrogen-bond acceptors (Lipinski definition) is 6. The topological polar surface area (TPSA) is 91.0 Å². The molecule has 0 fully saturated rings. The lowest BCUT2D eigenvalue weighted by atomic mass is 9.96. The SMILES string of the molecule is COc1c2c(c(-c3cc(C(=O)O)on3)c3c1OCC3)OCC2. The Labute approximate surface area is 125 Å². The number of aromatic carboxylic acids is 1. The quantitative estimate of drug-likeness (QED) is 0.926. The molecule has 2 aliphatic heterocycles. The molecule has 0 amide bonds. The van der Waals surface area contributed by atoms with Crippen LogP contribution in [0.15, 0.2) is 10.6 Å². The van der Waals surface area contributed by atoms with Gasteiger partial charge in [-0.25, -0.2) is 4.79 Å². The lowest BCUT2D eigenvalue weighted by Crippen LogP contribution is -1.96. The minimum atomic E-state index is -1.15. The molecule has 0 spiro atoms. The van der Waals surface area contributed by atoms with Crippen molar-refractivity contribution in [3.63, 3.8) is 0 Å². The highest BCUT2D eigenvalue weighted by Gasteiger charge is 2.34. The van der Waals surface area contributed by atoms with E-state index >= 15 is 0 Å². The second-order valence-electron chi connectivity index (χ2n) is 5.10. The van der Waals surface area contributed by atoms with Crippen LogP contribution in [-0.2, 0) is 12.8 Å². The molecule has 4 rings (SSSR count). The van der Waals surface area contributed by atoms with Gasteiger partial charge in [-0.3, -0.25) is 0 Å². The van der Waals surface area contributed by atoms with Crippen molar-refractivity contribution in [3.05, 3.63) is 23.0 Å². The second-order valence-corrected chi connectivity index (χ2v) is 5.10. The van der Waals surface area contributed by atoms with Crippen LogP contribution in [0.2, 0.25) is 0 Å². The van der Waals surface area contributed by atoms with Crippen LogP contribution in [0.4, 0.5) is 0 Å². The molecule has 7 nitrogen and oxygen atoms in total. The summed E-state index contributed by atoms with van der Waals surface area (Å²) in [6.45, 7) is 1.09. The minimum absolute atomic E-state index is 0.203. The largest absolute Gasteiger partial charge is 0.492 e. The number of methoxy groups -OCH3 is 1. The molecule has 2 aromatic rings. The van der Waals surface area contributed by atoms with E-state index in [0.717, 1.165) is 16.7 Å². The van der Waals surface area contributed by atoms with Crippen molar-refractivity contribution < 1.29 is 28.6 Å². The number of carboxylic acid groups (broad SMARTS) is 1. The van der Waals surface area contributed by atoms with Crippen molar-refractivity contribution >= 4 is 5.97 Å². The molecule has 1 aromatic heterocycles. The first-order valence-corrected chi connectivity index (χ1v) is 6.92. The number of benzene rings is 1. The number of ether oxygens (including phenoxy) is 3. The third-order valence-corrected chi connectivity index (χ3v) is 3.94. The van der Waals surface area contributed by atoms with E-state index in [4.69, 9.17) is 23.8 Å². The Morgan fingerprint density at radius 3 is 2.64 bits per heavy atom. The predicted molar refractivity (Wildman–Crippen MR) is 73.8 cm³/mol. The van der Waals surface area contributed by atoms with Crippen molar-refractivity contribution in [1.82, 2.24) is 5.16 Å². The smallest absolute Gasteiger partial charge is 0.374 e. The molecule has 1 N–H and O–H groups in total. The summed E-state index contributed by atoms with van der Waals surface area (Å²) in [7, 11) is 1.61. The molecule has 1 aromatic carbocycles. The lowest BCUT2D eigenvalue weighted by Gasteiger charge is -2.15. The van der Waals surface area contributed by atoms with Crippen LogP contribution in [0.1, 0.15) is 21.7 Å². The van der Waals surface area contributed by atoms with Crippen molar-refractivity contribution in [1.29, 1.82) is 0 Å². The van der Waals surface area contributed by atoms with E-state index in [9.17, 15) is 4.79 Å². The van der Waals surface area contributed by atoms with Gasteiger partial charge in [0, 0.05) is 30.0 Å². The third kappa shape index (κ3) is 1.68. The molecule has 0 aliphatic carbocycles. The molecule has 0 radical (unpaired) electrons. The summed E-state index contributed by atoms with van der Waals surface area (Å²) >= 11 is 0. The summed E-state index contributed by atoms with van der Waals surface area (Å²) in [5.74, 6) is 0.724. The monoisotopic (exact) mass is 303 g/mol. The fraction of sp³-hybridized carbons (Fsp3) is 0.333. The van der Waals surface area contributed by atoms with E-state index in [1.807, 2.05) is 0 Å². The van der Waals surface area contributed by atoms with Gasteiger partial charge in [-0.05, 0) is 0 Å². The number of carboxylic acids is 1. The Bertz CT molecular complexity index is 744. The fourth-order valence-electron chi connectivity index (χ4n) is 3.05. The maximum atomic E-state index is 11.0. The number of carbonyl (C=O) groups is 1. The number of fused-ring (bicyclic) bond motifs is 2. The number of aromatic nitrogens is 1. The summed E-state index contributed by atoms with van der Waals surface area (Å²) in [6.07, 6.45) is 1.40. The molecule has 0 atom stereocenters. The number of hydrogen-bond donors (Lipinski definition) is 1. The zero-order valence-electron chi connectivity index (χ0n) is 11.8. The van der Waals surface area contributed by atoms with Crippen LogP contribution in [0.5, 0.6) is 17.2 Å². The highest BCUT2D eigenvalue weighted by atomic mass is 16.5. The Morgan fingerprint density at radius 1 is 1.23 bits per heavy atom. The molecule has 2 aliphatic rings. The fourth-order valence-corrected chi connectivity index (χ4v) is 3.05. The Kier molecular flexibility index (Phi) is 2.75. The van der Waals surface area contributed by atoms with Crippen LogP contribution in [0, 0.1) is 0 Å². The highest BCUT2D eigenvalue weighted by Crippen LogP contribution is 2.52. The van der Waals surface area contributed by atoms with Crippen molar-refractivity contribution in [2.45, 2.75) is 12.8 Å². The maximum absolute atomic E-state index is 11.0. The van der Waals surface area contributed by atoms with E-state index < -0.39 is 5.97 Å². The lowest BCUT2D eigenvalue weighted by molar-refractivity contribution is 0.0652. The first-order valence-electron chi connectivity index (χ1n) is 6.92. The summed E-state index contributed by atoms with van der Waals surface area (Å²) in [6, 6.07) is 1.41. The van der Waals surface area contributed by atoms with E-state index in [2.05, 4.69) is 5.16 Å². The van der Waals surface area contributed by atoms with Crippen molar-refractivity contribution in [3.8, 4) is 28.5 Å². The van der Waals surface area contributed by atoms with Gasteiger partial charge in [0.25, 0.3) is 0 Å². The summed E-state index contributed by atoms with van der Waals surface area (Å²) in [5.41, 5.74) is 3.04. The summed E-state index contributed by atoms with van der Waals surface area (Å²) < 4.78 is 21.8. The molecule has 0 saturated carbocycles. The molecule has 22 heavy (non-hydrogen) atoms. The number of nitrogens with zero attached hydrogens (tertiary/aromatic N) is 1. The second kappa shape index (κ2) is 4.66. The van der Waals surface area contributed by atoms with Crippen LogP contribution in [-0.4, -0.2) is 36.6 Å². The zero-order valence-corrected chi connectivity index (χ0v) is 11.8. The number of rotatable bonds is 3. The van der Waals surface area contributed by atoms with Crippen LogP contribution < -0.4 is 14.2 Å². The normalized spacial score (nSPS) is 15.0. The molecule has 0 bridgehead atoms. The first kappa shape index (κ1) is 13.0. The van der Waals surface area contributed by atoms with E-state index in [0.29, 0.717) is 49.0 Å². The molecular formula is C15H13NO6. The molecule has 114 valence electrons. The molecule has 0 unspecified atom stereocenters. The molecule has 7 heteroatoms. The van der Waals surface area contributed by atoms with Gasteiger partial charge in [0.15, 0.2) is 11.5 Å². The average Bonchev–Trinajstić information content (AvgIpc) is 3.23. The van der Waals surface area contributed by atoms with Gasteiger partial charge in [0.2, 0.25) is 5.76 Å². The van der Waals surface area contributed by atoms with Gasteiger partial charge in [-0.15, -0.1) is 0 Å². The molecule has 0 saturated heterocycles. The van der Waals surface area contributed by atoms with Crippen LogP contribution in [0.3, 0.4) is 0 Å². The first-order chi connectivity index (χ1) is 10.7. The standard InChI is InChI=1S/C15H13NO6/c1-19-13-8-3-5-20-12(8)11(7-2-4-21-14(7)13)9-6-10(15(17)18)22-16-9/h6H,2-5H2,1H3,(H,17,18). The average molecular weight is 303 g/mol.